The summed E-state index contributed by atoms with van der Waals surface area (Å²) in [5.74, 6) is 2.19. The normalized spacial score (nSPS) is 17.2. The van der Waals surface area contributed by atoms with Gasteiger partial charge in [0.1, 0.15) is 5.82 Å². The Kier molecular flexibility index (Phi) is 1.68. The standard InChI is InChI=1S/C9H14N2/c1-2-9-10-5-6-11(9)7-8-3-4-8/h5-6,8H,2-4,7H2,1H3. The average Bonchev–Trinajstić information content (AvgIpc) is 2.68. The van der Waals surface area contributed by atoms with E-state index in [0.29, 0.717) is 0 Å². The molecule has 11 heavy (non-hydrogen) atoms. The number of nitrogens with zero attached hydrogens (tertiary/aromatic N) is 2. The van der Waals surface area contributed by atoms with Crippen LogP contribution in [0, 0.1) is 5.92 Å². The fourth-order valence-electron chi connectivity index (χ4n) is 1.40. The molecule has 1 heterocycles. The highest BCUT2D eigenvalue weighted by Gasteiger charge is 2.22. The van der Waals surface area contributed by atoms with Gasteiger partial charge in [0.05, 0.1) is 0 Å². The summed E-state index contributed by atoms with van der Waals surface area (Å²) in [5, 5.41) is 0. The summed E-state index contributed by atoms with van der Waals surface area (Å²) >= 11 is 0. The van der Waals surface area contributed by atoms with Gasteiger partial charge in [0.25, 0.3) is 0 Å². The summed E-state index contributed by atoms with van der Waals surface area (Å²) < 4.78 is 2.29. The molecule has 0 radical (unpaired) electrons. The molecule has 0 bridgehead atoms. The number of aromatic nitrogens is 2. The van der Waals surface area contributed by atoms with Gasteiger partial charge in [-0.15, -0.1) is 0 Å². The molecule has 0 unspecified atom stereocenters. The van der Waals surface area contributed by atoms with Gasteiger partial charge in [0.15, 0.2) is 0 Å². The lowest BCUT2D eigenvalue weighted by molar-refractivity contribution is 0.599. The summed E-state index contributed by atoms with van der Waals surface area (Å²) in [6.07, 6.45) is 7.89. The van der Waals surface area contributed by atoms with Crippen LogP contribution in [0.5, 0.6) is 0 Å². The first-order valence-electron chi connectivity index (χ1n) is 4.40. The minimum atomic E-state index is 0.953. The molecule has 1 aromatic rings. The van der Waals surface area contributed by atoms with Crippen molar-refractivity contribution in [2.45, 2.75) is 32.7 Å². The van der Waals surface area contributed by atoms with Gasteiger partial charge in [-0.25, -0.2) is 4.98 Å². The van der Waals surface area contributed by atoms with Crippen molar-refractivity contribution in [1.82, 2.24) is 9.55 Å². The van der Waals surface area contributed by atoms with Crippen LogP contribution in [0.25, 0.3) is 0 Å². The van der Waals surface area contributed by atoms with Crippen molar-refractivity contribution in [3.63, 3.8) is 0 Å². The maximum atomic E-state index is 4.28. The molecule has 0 spiro atoms. The van der Waals surface area contributed by atoms with E-state index in [1.54, 1.807) is 0 Å². The lowest BCUT2D eigenvalue weighted by Gasteiger charge is -2.03. The smallest absolute Gasteiger partial charge is 0.108 e. The zero-order chi connectivity index (χ0) is 7.68. The molecule has 0 saturated heterocycles. The zero-order valence-corrected chi connectivity index (χ0v) is 6.95. The molecule has 1 fully saturated rings. The Morgan fingerprint density at radius 3 is 3.09 bits per heavy atom. The average molecular weight is 150 g/mol. The van der Waals surface area contributed by atoms with Crippen LogP contribution in [0.3, 0.4) is 0 Å². The predicted molar refractivity (Wildman–Crippen MR) is 44.3 cm³/mol. The third kappa shape index (κ3) is 1.44. The molecule has 1 aromatic heterocycles. The number of rotatable bonds is 3. The predicted octanol–water partition coefficient (Wildman–Crippen LogP) is 1.86. The van der Waals surface area contributed by atoms with Crippen LogP contribution in [0.1, 0.15) is 25.6 Å². The second-order valence-electron chi connectivity index (χ2n) is 3.29. The molecule has 0 amide bonds. The van der Waals surface area contributed by atoms with Crippen LogP contribution < -0.4 is 0 Å². The molecule has 2 rings (SSSR count). The van der Waals surface area contributed by atoms with Gasteiger partial charge in [0, 0.05) is 25.4 Å². The Balaban J connectivity index is 2.07. The number of aryl methyl sites for hydroxylation is 1. The summed E-state index contributed by atoms with van der Waals surface area (Å²) in [6.45, 7) is 3.36. The topological polar surface area (TPSA) is 17.8 Å². The minimum Gasteiger partial charge on any atom is -0.335 e. The van der Waals surface area contributed by atoms with Crippen LogP contribution >= 0.6 is 0 Å². The molecule has 2 heteroatoms. The maximum Gasteiger partial charge on any atom is 0.108 e. The van der Waals surface area contributed by atoms with Gasteiger partial charge >= 0.3 is 0 Å². The lowest BCUT2D eigenvalue weighted by Crippen LogP contribution is -2.02. The first-order chi connectivity index (χ1) is 5.40. The van der Waals surface area contributed by atoms with E-state index in [2.05, 4.69) is 22.7 Å². The largest absolute Gasteiger partial charge is 0.335 e. The first-order valence-corrected chi connectivity index (χ1v) is 4.40. The van der Waals surface area contributed by atoms with Gasteiger partial charge in [-0.2, -0.15) is 0 Å². The van der Waals surface area contributed by atoms with E-state index >= 15 is 0 Å². The number of hydrogen-bond donors (Lipinski definition) is 0. The van der Waals surface area contributed by atoms with E-state index in [1.807, 2.05) is 6.20 Å². The van der Waals surface area contributed by atoms with E-state index in [1.165, 1.54) is 25.2 Å². The summed E-state index contributed by atoms with van der Waals surface area (Å²) in [6, 6.07) is 0. The Bertz CT molecular complexity index is 235. The van der Waals surface area contributed by atoms with Crippen LogP contribution in [-0.2, 0) is 13.0 Å². The molecule has 0 aromatic carbocycles. The fourth-order valence-corrected chi connectivity index (χ4v) is 1.40. The highest BCUT2D eigenvalue weighted by molar-refractivity contribution is 4.93. The van der Waals surface area contributed by atoms with Crippen molar-refractivity contribution in [1.29, 1.82) is 0 Å². The lowest BCUT2D eigenvalue weighted by atomic mass is 10.4. The van der Waals surface area contributed by atoms with Crippen molar-refractivity contribution in [3.8, 4) is 0 Å². The molecule has 1 saturated carbocycles. The van der Waals surface area contributed by atoms with Gasteiger partial charge < -0.3 is 4.57 Å². The maximum absolute atomic E-state index is 4.28. The van der Waals surface area contributed by atoms with Crippen LogP contribution in [0.15, 0.2) is 12.4 Å². The Hall–Kier alpha value is -0.790. The van der Waals surface area contributed by atoms with Crippen molar-refractivity contribution >= 4 is 0 Å². The third-order valence-electron chi connectivity index (χ3n) is 2.27. The molecular weight excluding hydrogens is 136 g/mol. The van der Waals surface area contributed by atoms with E-state index in [4.69, 9.17) is 0 Å². The van der Waals surface area contributed by atoms with Gasteiger partial charge in [-0.05, 0) is 18.8 Å². The molecule has 1 aliphatic rings. The van der Waals surface area contributed by atoms with E-state index in [9.17, 15) is 0 Å². The fraction of sp³-hybridized carbons (Fsp3) is 0.667. The van der Waals surface area contributed by atoms with Crippen molar-refractivity contribution < 1.29 is 0 Å². The Labute approximate surface area is 67.3 Å². The minimum absolute atomic E-state index is 0.953. The van der Waals surface area contributed by atoms with E-state index < -0.39 is 0 Å². The van der Waals surface area contributed by atoms with E-state index in [0.717, 1.165) is 12.3 Å². The van der Waals surface area contributed by atoms with Crippen molar-refractivity contribution in [2.24, 2.45) is 5.92 Å². The molecule has 0 aliphatic heterocycles. The second kappa shape index (κ2) is 2.68. The highest BCUT2D eigenvalue weighted by Crippen LogP contribution is 2.30. The molecule has 0 atom stereocenters. The van der Waals surface area contributed by atoms with Crippen molar-refractivity contribution in [2.75, 3.05) is 0 Å². The quantitative estimate of drug-likeness (QED) is 0.643. The Morgan fingerprint density at radius 2 is 2.45 bits per heavy atom. The van der Waals surface area contributed by atoms with Crippen LogP contribution in [0.4, 0.5) is 0 Å². The first kappa shape index (κ1) is 6.89. The van der Waals surface area contributed by atoms with Gasteiger partial charge in [-0.3, -0.25) is 0 Å². The highest BCUT2D eigenvalue weighted by atomic mass is 15.1. The third-order valence-corrected chi connectivity index (χ3v) is 2.27. The molecule has 0 N–H and O–H groups in total. The zero-order valence-electron chi connectivity index (χ0n) is 6.95. The Morgan fingerprint density at radius 1 is 1.64 bits per heavy atom. The summed E-state index contributed by atoms with van der Waals surface area (Å²) in [5.41, 5.74) is 0. The van der Waals surface area contributed by atoms with Gasteiger partial charge in [0.2, 0.25) is 0 Å². The molecular formula is C9H14N2. The van der Waals surface area contributed by atoms with Gasteiger partial charge in [-0.1, -0.05) is 6.92 Å². The summed E-state index contributed by atoms with van der Waals surface area (Å²) in [4.78, 5) is 4.28. The van der Waals surface area contributed by atoms with E-state index in [-0.39, 0.29) is 0 Å². The summed E-state index contributed by atoms with van der Waals surface area (Å²) in [7, 11) is 0. The monoisotopic (exact) mass is 150 g/mol. The molecule has 2 nitrogen and oxygen atoms in total. The van der Waals surface area contributed by atoms with Crippen LogP contribution in [-0.4, -0.2) is 9.55 Å². The second-order valence-corrected chi connectivity index (χ2v) is 3.29. The van der Waals surface area contributed by atoms with Crippen molar-refractivity contribution in [3.05, 3.63) is 18.2 Å². The SMILES string of the molecule is CCc1nccn1CC1CC1. The molecule has 1 aliphatic carbocycles. The number of imidazole rings is 1. The molecule has 60 valence electrons. The number of hydrogen-bond acceptors (Lipinski definition) is 1. The van der Waals surface area contributed by atoms with Crippen LogP contribution in [0.2, 0.25) is 0 Å².